The molecule has 0 radical (unpaired) electrons. The number of aryl methyl sites for hydroxylation is 2. The van der Waals surface area contributed by atoms with E-state index in [0.29, 0.717) is 0 Å². The minimum absolute atomic E-state index is 0.145. The van der Waals surface area contributed by atoms with Crippen LogP contribution in [0.25, 0.3) is 0 Å². The zero-order valence-corrected chi connectivity index (χ0v) is 11.4. The molecule has 18 heavy (non-hydrogen) atoms. The molecule has 1 aromatic carbocycles. The molecule has 1 aliphatic heterocycles. The highest BCUT2D eigenvalue weighted by atomic mass is 16.2. The van der Waals surface area contributed by atoms with Crippen molar-refractivity contribution in [1.82, 2.24) is 4.90 Å². The molecule has 0 aliphatic carbocycles. The number of rotatable bonds is 1. The molecule has 1 heterocycles. The van der Waals surface area contributed by atoms with E-state index in [0.717, 1.165) is 30.5 Å². The summed E-state index contributed by atoms with van der Waals surface area (Å²) in [7, 11) is 0. The quantitative estimate of drug-likeness (QED) is 0.826. The highest BCUT2D eigenvalue weighted by Gasteiger charge is 2.28. The summed E-state index contributed by atoms with van der Waals surface area (Å²) in [4.78, 5) is 14.5. The van der Waals surface area contributed by atoms with Gasteiger partial charge < -0.3 is 10.6 Å². The van der Waals surface area contributed by atoms with Crippen molar-refractivity contribution in [3.8, 4) is 0 Å². The number of nitrogens with two attached hydrogens (primary N) is 1. The first kappa shape index (κ1) is 13.1. The third kappa shape index (κ3) is 2.56. The molecule has 0 unspecified atom stereocenters. The molecule has 2 rings (SSSR count). The Labute approximate surface area is 109 Å². The first-order chi connectivity index (χ1) is 8.49. The number of hydrogen-bond acceptors (Lipinski definition) is 2. The molecule has 1 aliphatic rings. The molecule has 0 spiro atoms. The molecule has 0 saturated carbocycles. The average Bonchev–Trinajstić information content (AvgIpc) is 2.28. The Morgan fingerprint density at radius 1 is 1.39 bits per heavy atom. The fraction of sp³-hybridized carbons (Fsp3) is 0.533. The summed E-state index contributed by atoms with van der Waals surface area (Å²) in [5.41, 5.74) is 9.01. The second-order valence-corrected chi connectivity index (χ2v) is 5.45. The highest BCUT2D eigenvalue weighted by Crippen LogP contribution is 2.20. The van der Waals surface area contributed by atoms with Gasteiger partial charge >= 0.3 is 0 Å². The summed E-state index contributed by atoms with van der Waals surface area (Å²) in [5.74, 6) is 0.145. The van der Waals surface area contributed by atoms with Crippen LogP contribution in [0.15, 0.2) is 18.2 Å². The van der Waals surface area contributed by atoms with Crippen molar-refractivity contribution in [3.63, 3.8) is 0 Å². The van der Waals surface area contributed by atoms with Gasteiger partial charge in [-0.2, -0.15) is 0 Å². The van der Waals surface area contributed by atoms with Crippen molar-refractivity contribution in [2.45, 2.75) is 45.7 Å². The van der Waals surface area contributed by atoms with Crippen molar-refractivity contribution in [2.24, 2.45) is 5.73 Å². The van der Waals surface area contributed by atoms with Gasteiger partial charge in [-0.15, -0.1) is 0 Å². The maximum Gasteiger partial charge on any atom is 0.254 e. The van der Waals surface area contributed by atoms with Crippen LogP contribution in [0.2, 0.25) is 0 Å². The fourth-order valence-electron chi connectivity index (χ4n) is 2.72. The van der Waals surface area contributed by atoms with E-state index in [9.17, 15) is 4.79 Å². The van der Waals surface area contributed by atoms with Gasteiger partial charge in [0.2, 0.25) is 0 Å². The zero-order chi connectivity index (χ0) is 13.3. The molecule has 0 bridgehead atoms. The zero-order valence-electron chi connectivity index (χ0n) is 11.4. The Kier molecular flexibility index (Phi) is 3.71. The molecule has 1 fully saturated rings. The first-order valence-corrected chi connectivity index (χ1v) is 6.63. The van der Waals surface area contributed by atoms with E-state index >= 15 is 0 Å². The number of amides is 1. The predicted octanol–water partition coefficient (Wildman–Crippen LogP) is 2.26. The van der Waals surface area contributed by atoms with E-state index < -0.39 is 0 Å². The Balaban J connectivity index is 2.20. The molecule has 2 atom stereocenters. The number of likely N-dealkylation sites (tertiary alicyclic amines) is 1. The van der Waals surface area contributed by atoms with Gasteiger partial charge in [0.25, 0.3) is 5.91 Å². The third-order valence-electron chi connectivity index (χ3n) is 3.79. The molecule has 0 aromatic heterocycles. The van der Waals surface area contributed by atoms with Crippen molar-refractivity contribution in [1.29, 1.82) is 0 Å². The molecule has 1 saturated heterocycles. The van der Waals surface area contributed by atoms with Crippen LogP contribution >= 0.6 is 0 Å². The molecule has 3 heteroatoms. The highest BCUT2D eigenvalue weighted by molar-refractivity contribution is 5.96. The van der Waals surface area contributed by atoms with Crippen LogP contribution < -0.4 is 5.73 Å². The number of piperidine rings is 1. The van der Waals surface area contributed by atoms with Crippen LogP contribution in [0.1, 0.15) is 41.3 Å². The van der Waals surface area contributed by atoms with Crippen molar-refractivity contribution in [3.05, 3.63) is 34.9 Å². The predicted molar refractivity (Wildman–Crippen MR) is 73.6 cm³/mol. The number of carbonyl (C=O) groups is 1. The van der Waals surface area contributed by atoms with Crippen LogP contribution in [0.4, 0.5) is 0 Å². The Morgan fingerprint density at radius 3 is 2.72 bits per heavy atom. The topological polar surface area (TPSA) is 46.3 Å². The standard InChI is InChI=1S/C15H22N2O/c1-10-4-5-14(11(2)8-10)15(18)17-7-6-13(16)9-12(17)3/h4-5,8,12-13H,6-7,9,16H2,1-3H3/t12-,13+/m1/s1. The SMILES string of the molecule is Cc1ccc(C(=O)N2CC[C@H](N)C[C@H]2C)c(C)c1. The molecule has 1 aromatic rings. The minimum Gasteiger partial charge on any atom is -0.336 e. The van der Waals surface area contributed by atoms with Gasteiger partial charge in [-0.1, -0.05) is 17.7 Å². The van der Waals surface area contributed by atoms with Crippen molar-refractivity contribution in [2.75, 3.05) is 6.54 Å². The van der Waals surface area contributed by atoms with E-state index in [1.165, 1.54) is 5.56 Å². The van der Waals surface area contributed by atoms with Crippen LogP contribution in [0.5, 0.6) is 0 Å². The molecule has 3 nitrogen and oxygen atoms in total. The van der Waals surface area contributed by atoms with E-state index in [4.69, 9.17) is 5.73 Å². The summed E-state index contributed by atoms with van der Waals surface area (Å²) in [5, 5.41) is 0. The first-order valence-electron chi connectivity index (χ1n) is 6.63. The molecular formula is C15H22N2O. The monoisotopic (exact) mass is 246 g/mol. The molecular weight excluding hydrogens is 224 g/mol. The van der Waals surface area contributed by atoms with E-state index in [-0.39, 0.29) is 18.0 Å². The second-order valence-electron chi connectivity index (χ2n) is 5.45. The van der Waals surface area contributed by atoms with Gasteiger partial charge in [0.1, 0.15) is 0 Å². The van der Waals surface area contributed by atoms with Crippen LogP contribution in [-0.2, 0) is 0 Å². The normalized spacial score (nSPS) is 24.1. The van der Waals surface area contributed by atoms with Crippen molar-refractivity contribution >= 4 is 5.91 Å². The number of nitrogens with zero attached hydrogens (tertiary/aromatic N) is 1. The van der Waals surface area contributed by atoms with Gasteiger partial charge in [0.05, 0.1) is 0 Å². The number of hydrogen-bond donors (Lipinski definition) is 1. The van der Waals surface area contributed by atoms with Crippen LogP contribution in [-0.4, -0.2) is 29.4 Å². The Morgan fingerprint density at radius 2 is 2.11 bits per heavy atom. The van der Waals surface area contributed by atoms with E-state index in [1.807, 2.05) is 30.9 Å². The third-order valence-corrected chi connectivity index (χ3v) is 3.79. The van der Waals surface area contributed by atoms with E-state index in [2.05, 4.69) is 13.0 Å². The van der Waals surface area contributed by atoms with Crippen LogP contribution in [0.3, 0.4) is 0 Å². The van der Waals surface area contributed by atoms with Crippen molar-refractivity contribution < 1.29 is 4.79 Å². The molecule has 2 N–H and O–H groups in total. The lowest BCUT2D eigenvalue weighted by molar-refractivity contribution is 0.0618. The van der Waals surface area contributed by atoms with Gasteiger partial charge in [-0.25, -0.2) is 0 Å². The summed E-state index contributed by atoms with van der Waals surface area (Å²) in [6.07, 6.45) is 1.80. The minimum atomic E-state index is 0.145. The second kappa shape index (κ2) is 5.11. The maximum atomic E-state index is 12.5. The smallest absolute Gasteiger partial charge is 0.254 e. The van der Waals surface area contributed by atoms with Gasteiger partial charge in [0, 0.05) is 24.2 Å². The molecule has 1 amide bonds. The van der Waals surface area contributed by atoms with E-state index in [1.54, 1.807) is 0 Å². The van der Waals surface area contributed by atoms with Gasteiger partial charge in [0.15, 0.2) is 0 Å². The summed E-state index contributed by atoms with van der Waals surface area (Å²) in [6.45, 7) is 6.90. The molecule has 98 valence electrons. The van der Waals surface area contributed by atoms with Gasteiger partial charge in [-0.3, -0.25) is 4.79 Å². The lowest BCUT2D eigenvalue weighted by Gasteiger charge is -2.36. The van der Waals surface area contributed by atoms with Crippen LogP contribution in [0, 0.1) is 13.8 Å². The van der Waals surface area contributed by atoms with Gasteiger partial charge in [-0.05, 0) is 45.2 Å². The lowest BCUT2D eigenvalue weighted by Crippen LogP contribution is -2.48. The fourth-order valence-corrected chi connectivity index (χ4v) is 2.72. The average molecular weight is 246 g/mol. The summed E-state index contributed by atoms with van der Waals surface area (Å²) in [6, 6.07) is 6.48. The maximum absolute atomic E-state index is 12.5. The number of benzene rings is 1. The Hall–Kier alpha value is -1.35. The Bertz CT molecular complexity index is 456. The largest absolute Gasteiger partial charge is 0.336 e. The summed E-state index contributed by atoms with van der Waals surface area (Å²) >= 11 is 0. The lowest BCUT2D eigenvalue weighted by atomic mass is 9.97. The summed E-state index contributed by atoms with van der Waals surface area (Å²) < 4.78 is 0. The number of carbonyl (C=O) groups excluding carboxylic acids is 1.